The first-order chi connectivity index (χ1) is 8.93. The minimum atomic E-state index is -0.104. The Kier molecular flexibility index (Phi) is 4.67. The molecule has 3 heteroatoms. The van der Waals surface area contributed by atoms with Gasteiger partial charge in [-0.25, -0.2) is 4.39 Å². The third kappa shape index (κ3) is 3.57. The molecule has 1 aromatic carbocycles. The van der Waals surface area contributed by atoms with Gasteiger partial charge in [-0.05, 0) is 62.3 Å². The van der Waals surface area contributed by atoms with Crippen molar-refractivity contribution in [3.05, 3.63) is 34.1 Å². The third-order valence-corrected chi connectivity index (χ3v) is 4.95. The van der Waals surface area contributed by atoms with E-state index >= 15 is 0 Å². The summed E-state index contributed by atoms with van der Waals surface area (Å²) in [5.74, 6) is 0.425. The molecule has 2 rings (SSSR count). The molecule has 1 atom stereocenters. The summed E-state index contributed by atoms with van der Waals surface area (Å²) in [6, 6.07) is 5.34. The molecule has 1 unspecified atom stereocenters. The lowest BCUT2D eigenvalue weighted by molar-refractivity contribution is 0.163. The summed E-state index contributed by atoms with van der Waals surface area (Å²) in [6.45, 7) is 4.66. The monoisotopic (exact) mass is 327 g/mol. The largest absolute Gasteiger partial charge is 0.313 e. The van der Waals surface area contributed by atoms with E-state index in [4.69, 9.17) is 0 Å². The zero-order valence-electron chi connectivity index (χ0n) is 12.0. The molecule has 1 fully saturated rings. The van der Waals surface area contributed by atoms with E-state index < -0.39 is 0 Å². The van der Waals surface area contributed by atoms with Gasteiger partial charge in [-0.3, -0.25) is 0 Å². The van der Waals surface area contributed by atoms with Gasteiger partial charge in [-0.15, -0.1) is 0 Å². The van der Waals surface area contributed by atoms with Gasteiger partial charge >= 0.3 is 0 Å². The Hall–Kier alpha value is -0.410. The van der Waals surface area contributed by atoms with Gasteiger partial charge in [-0.2, -0.15) is 0 Å². The summed E-state index contributed by atoms with van der Waals surface area (Å²) in [5.41, 5.74) is 1.24. The average Bonchev–Trinajstić information content (AvgIpc) is 2.36. The first-order valence-electron chi connectivity index (χ1n) is 7.05. The lowest BCUT2D eigenvalue weighted by Gasteiger charge is -2.38. The van der Waals surface area contributed by atoms with Gasteiger partial charge in [0.1, 0.15) is 5.82 Å². The summed E-state index contributed by atoms with van der Waals surface area (Å²) in [6.07, 6.45) is 4.80. The Balaban J connectivity index is 2.18. The maximum Gasteiger partial charge on any atom is 0.128 e. The molecule has 0 aliphatic heterocycles. The van der Waals surface area contributed by atoms with Crippen molar-refractivity contribution >= 4 is 15.9 Å². The third-order valence-electron chi connectivity index (χ3n) is 4.46. The van der Waals surface area contributed by atoms with Crippen LogP contribution in [0.25, 0.3) is 0 Å². The Labute approximate surface area is 124 Å². The molecule has 0 spiro atoms. The van der Waals surface area contributed by atoms with Gasteiger partial charge in [0.05, 0.1) is 0 Å². The molecule has 1 saturated carbocycles. The Bertz CT molecular complexity index is 434. The highest BCUT2D eigenvalue weighted by molar-refractivity contribution is 9.10. The second kappa shape index (κ2) is 5.92. The maximum absolute atomic E-state index is 14.1. The van der Waals surface area contributed by atoms with Crippen molar-refractivity contribution in [3.63, 3.8) is 0 Å². The van der Waals surface area contributed by atoms with Crippen molar-refractivity contribution in [2.24, 2.45) is 11.3 Å². The van der Waals surface area contributed by atoms with Crippen molar-refractivity contribution in [3.8, 4) is 0 Å². The van der Waals surface area contributed by atoms with E-state index in [2.05, 4.69) is 35.1 Å². The molecule has 0 amide bonds. The molecule has 1 aromatic rings. The smallest absolute Gasteiger partial charge is 0.128 e. The normalized spacial score (nSPS) is 21.3. The van der Waals surface area contributed by atoms with Gasteiger partial charge in [0.25, 0.3) is 0 Å². The fourth-order valence-electron chi connectivity index (χ4n) is 3.15. The standard InChI is InChI=1S/C16H23BrFN/c1-16(2)8-6-11(7-9-16)15(19-3)13-10-12(17)4-5-14(13)18/h4-5,10-11,15,19H,6-9H2,1-3H3. The lowest BCUT2D eigenvalue weighted by Crippen LogP contribution is -2.31. The summed E-state index contributed by atoms with van der Waals surface area (Å²) in [5, 5.41) is 3.32. The maximum atomic E-state index is 14.1. The summed E-state index contributed by atoms with van der Waals surface area (Å²) in [4.78, 5) is 0. The van der Waals surface area contributed by atoms with E-state index in [1.807, 2.05) is 13.1 Å². The predicted molar refractivity (Wildman–Crippen MR) is 81.6 cm³/mol. The zero-order chi connectivity index (χ0) is 14.0. The van der Waals surface area contributed by atoms with Crippen LogP contribution < -0.4 is 5.32 Å². The fraction of sp³-hybridized carbons (Fsp3) is 0.625. The van der Waals surface area contributed by atoms with E-state index in [0.29, 0.717) is 11.3 Å². The lowest BCUT2D eigenvalue weighted by atomic mass is 9.70. The molecule has 1 nitrogen and oxygen atoms in total. The molecule has 1 aliphatic rings. The SMILES string of the molecule is CNC(c1cc(Br)ccc1F)C1CCC(C)(C)CC1. The van der Waals surface area contributed by atoms with E-state index in [-0.39, 0.29) is 11.9 Å². The van der Waals surface area contributed by atoms with Crippen LogP contribution in [0.1, 0.15) is 51.1 Å². The van der Waals surface area contributed by atoms with Crippen LogP contribution in [0, 0.1) is 17.2 Å². The molecule has 0 heterocycles. The summed E-state index contributed by atoms with van der Waals surface area (Å²) < 4.78 is 15.0. The van der Waals surface area contributed by atoms with Crippen LogP contribution in [-0.2, 0) is 0 Å². The number of nitrogens with one attached hydrogen (secondary N) is 1. The van der Waals surface area contributed by atoms with Crippen molar-refractivity contribution < 1.29 is 4.39 Å². The van der Waals surface area contributed by atoms with Gasteiger partial charge in [0, 0.05) is 16.1 Å². The van der Waals surface area contributed by atoms with Crippen molar-refractivity contribution in [2.45, 2.75) is 45.6 Å². The molecule has 0 saturated heterocycles. The van der Waals surface area contributed by atoms with Crippen molar-refractivity contribution in [1.29, 1.82) is 0 Å². The van der Waals surface area contributed by atoms with Gasteiger partial charge in [0.2, 0.25) is 0 Å². The highest BCUT2D eigenvalue weighted by atomic mass is 79.9. The van der Waals surface area contributed by atoms with Gasteiger partial charge in [0.15, 0.2) is 0 Å². The minimum Gasteiger partial charge on any atom is -0.313 e. The molecule has 1 N–H and O–H groups in total. The van der Waals surface area contributed by atoms with E-state index in [0.717, 1.165) is 10.0 Å². The number of halogens is 2. The van der Waals surface area contributed by atoms with Crippen LogP contribution in [0.3, 0.4) is 0 Å². The van der Waals surface area contributed by atoms with Gasteiger partial charge in [-0.1, -0.05) is 29.8 Å². The molecule has 0 radical (unpaired) electrons. The summed E-state index contributed by atoms with van der Waals surface area (Å²) in [7, 11) is 1.94. The predicted octanol–water partition coefficient (Wildman–Crippen LogP) is 5.07. The molecule has 0 bridgehead atoms. The number of benzene rings is 1. The second-order valence-corrected chi connectivity index (χ2v) is 7.35. The fourth-order valence-corrected chi connectivity index (χ4v) is 3.53. The molecular formula is C16H23BrFN. The van der Waals surface area contributed by atoms with Crippen LogP contribution in [0.15, 0.2) is 22.7 Å². The van der Waals surface area contributed by atoms with Crippen LogP contribution in [0.4, 0.5) is 4.39 Å². The van der Waals surface area contributed by atoms with Crippen LogP contribution in [-0.4, -0.2) is 7.05 Å². The van der Waals surface area contributed by atoms with Gasteiger partial charge < -0.3 is 5.32 Å². The summed E-state index contributed by atoms with van der Waals surface area (Å²) >= 11 is 3.44. The number of hydrogen-bond donors (Lipinski definition) is 1. The van der Waals surface area contributed by atoms with E-state index in [1.165, 1.54) is 25.7 Å². The number of hydrogen-bond acceptors (Lipinski definition) is 1. The van der Waals surface area contributed by atoms with Crippen LogP contribution in [0.5, 0.6) is 0 Å². The molecule has 106 valence electrons. The first-order valence-corrected chi connectivity index (χ1v) is 7.84. The minimum absolute atomic E-state index is 0.104. The van der Waals surface area contributed by atoms with Crippen LogP contribution >= 0.6 is 15.9 Å². The first kappa shape index (κ1) is 15.0. The highest BCUT2D eigenvalue weighted by Crippen LogP contribution is 2.43. The Morgan fingerprint density at radius 2 is 1.95 bits per heavy atom. The van der Waals surface area contributed by atoms with Crippen LogP contribution in [0.2, 0.25) is 0 Å². The topological polar surface area (TPSA) is 12.0 Å². The second-order valence-electron chi connectivity index (χ2n) is 6.43. The van der Waals surface area contributed by atoms with E-state index in [9.17, 15) is 4.39 Å². The quantitative estimate of drug-likeness (QED) is 0.817. The zero-order valence-corrected chi connectivity index (χ0v) is 13.6. The highest BCUT2D eigenvalue weighted by Gasteiger charge is 2.32. The van der Waals surface area contributed by atoms with E-state index in [1.54, 1.807) is 12.1 Å². The molecule has 0 aromatic heterocycles. The molecule has 19 heavy (non-hydrogen) atoms. The molecule has 1 aliphatic carbocycles. The number of rotatable bonds is 3. The average molecular weight is 328 g/mol. The Morgan fingerprint density at radius 1 is 1.32 bits per heavy atom. The van der Waals surface area contributed by atoms with Crippen molar-refractivity contribution in [2.75, 3.05) is 7.05 Å². The molecular weight excluding hydrogens is 305 g/mol. The van der Waals surface area contributed by atoms with Crippen molar-refractivity contribution in [1.82, 2.24) is 5.32 Å². The Morgan fingerprint density at radius 3 is 2.53 bits per heavy atom.